The number of piperazine rings is 3. The molecule has 32 heteroatoms. The summed E-state index contributed by atoms with van der Waals surface area (Å²) in [5, 5.41) is 1.53. The smallest absolute Gasteiger partial charge is 0.301 e. The van der Waals surface area contributed by atoms with Gasteiger partial charge in [0.2, 0.25) is 29.2 Å². The number of nitrogens with zero attached hydrogens (tertiary/aromatic N) is 17. The number of carbonyl (C=O) groups is 3. The number of benzene rings is 4. The third kappa shape index (κ3) is 14.7. The summed E-state index contributed by atoms with van der Waals surface area (Å²) in [6.45, 7) is 43.6. The van der Waals surface area contributed by atoms with Crippen LogP contribution in [0.4, 0.5) is 30.2 Å². The Bertz CT molecular complexity index is 7780. The number of hydrogen-bond donors (Lipinski definition) is 3. The topological polar surface area (TPSA) is 306 Å². The third-order valence-corrected chi connectivity index (χ3v) is 28.1. The number of aromatic nitrogens is 14. The maximum Gasteiger partial charge on any atom is 0.301 e. The second kappa shape index (κ2) is 35.0. The second-order valence-corrected chi connectivity index (χ2v) is 37.7. The lowest BCUT2D eigenvalue weighted by atomic mass is 9.95. The van der Waals surface area contributed by atoms with Gasteiger partial charge in [-0.2, -0.15) is 0 Å². The predicted molar refractivity (Wildman–Crippen MR) is 525 cm³/mol. The molecule has 17 heterocycles. The zero-order chi connectivity index (χ0) is 96.1. The van der Waals surface area contributed by atoms with Crippen LogP contribution >= 0.6 is 11.6 Å². The molecule has 3 fully saturated rings. The van der Waals surface area contributed by atoms with Crippen molar-refractivity contribution in [2.75, 3.05) is 67.2 Å². The molecule has 6 atom stereocenters. The van der Waals surface area contributed by atoms with Gasteiger partial charge in [-0.3, -0.25) is 57.4 Å². The lowest BCUT2D eigenvalue weighted by Gasteiger charge is -2.48. The van der Waals surface area contributed by atoms with E-state index in [9.17, 15) is 28.8 Å². The molecule has 0 aliphatic carbocycles. The molecule has 0 spiro atoms. The minimum Gasteiger partial charge on any atom is -0.486 e. The molecule has 28 nitrogen and oxygen atoms in total. The number of nitrogens with one attached hydrogen (secondary N) is 3. The minimum atomic E-state index is -0.550. The van der Waals surface area contributed by atoms with Crippen LogP contribution in [0.5, 0.6) is 11.5 Å². The maximum absolute atomic E-state index is 16.7. The molecule has 3 saturated heterocycles. The van der Waals surface area contributed by atoms with Gasteiger partial charge in [0, 0.05) is 133 Å². The van der Waals surface area contributed by atoms with E-state index in [0.29, 0.717) is 164 Å². The second-order valence-electron chi connectivity index (χ2n) is 37.3. The van der Waals surface area contributed by atoms with Crippen LogP contribution in [-0.2, 0) is 20.8 Å². The summed E-state index contributed by atoms with van der Waals surface area (Å²) >= 11 is 7.38. The quantitative estimate of drug-likeness (QED) is 0.0957. The van der Waals surface area contributed by atoms with E-state index in [0.717, 1.165) is 61.3 Å². The number of fused-ring (bicyclic) bond motifs is 18. The van der Waals surface area contributed by atoms with E-state index in [1.165, 1.54) is 36.4 Å². The van der Waals surface area contributed by atoms with Gasteiger partial charge < -0.3 is 53.8 Å². The molecular formula is C104H104ClF3N20O8. The van der Waals surface area contributed by atoms with Crippen molar-refractivity contribution < 1.29 is 37.0 Å². The summed E-state index contributed by atoms with van der Waals surface area (Å²) < 4.78 is 67.1. The van der Waals surface area contributed by atoms with E-state index in [4.69, 9.17) is 31.0 Å². The van der Waals surface area contributed by atoms with E-state index in [2.05, 4.69) is 79.3 Å². The number of rotatable bonds is 12. The number of amides is 3. The van der Waals surface area contributed by atoms with Crippen LogP contribution in [0.15, 0.2) is 163 Å². The van der Waals surface area contributed by atoms with Gasteiger partial charge in [0.25, 0.3) is 11.1 Å². The highest BCUT2D eigenvalue weighted by Crippen LogP contribution is 2.51. The Morgan fingerprint density at radius 2 is 0.824 bits per heavy atom. The first-order chi connectivity index (χ1) is 65.2. The molecule has 136 heavy (non-hydrogen) atoms. The predicted octanol–water partition coefficient (Wildman–Crippen LogP) is 17.4. The van der Waals surface area contributed by atoms with Crippen molar-refractivity contribution in [3.8, 4) is 62.2 Å². The first kappa shape index (κ1) is 90.5. The summed E-state index contributed by atoms with van der Waals surface area (Å²) in [5.41, 5.74) is 17.4. The van der Waals surface area contributed by atoms with Gasteiger partial charge in [-0.1, -0.05) is 91.1 Å². The first-order valence-electron chi connectivity index (χ1n) is 45.9. The van der Waals surface area contributed by atoms with Crippen molar-refractivity contribution in [1.29, 1.82) is 0 Å². The van der Waals surface area contributed by atoms with Crippen molar-refractivity contribution in [1.82, 2.24) is 83.2 Å². The van der Waals surface area contributed by atoms with Crippen molar-refractivity contribution >= 4 is 112 Å². The van der Waals surface area contributed by atoms with E-state index >= 15 is 13.2 Å². The number of imidazole rings is 3. The molecule has 15 aromatic rings. The van der Waals surface area contributed by atoms with Crippen LogP contribution < -0.4 is 40.9 Å². The van der Waals surface area contributed by atoms with Crippen LogP contribution in [-0.4, -0.2) is 190 Å². The van der Waals surface area contributed by atoms with Crippen LogP contribution in [0.1, 0.15) is 143 Å². The molecule has 6 aliphatic rings. The fourth-order valence-electron chi connectivity index (χ4n) is 21.1. The number of aromatic amines is 3. The zero-order valence-electron chi connectivity index (χ0n) is 78.4. The number of ether oxygens (including phenoxy) is 2. The Morgan fingerprint density at radius 3 is 1.29 bits per heavy atom. The fourth-order valence-corrected chi connectivity index (χ4v) is 21.5. The van der Waals surface area contributed by atoms with Crippen LogP contribution in [0.2, 0.25) is 5.02 Å². The third-order valence-electron chi connectivity index (χ3n) is 27.7. The van der Waals surface area contributed by atoms with Crippen molar-refractivity contribution in [3.63, 3.8) is 0 Å². The van der Waals surface area contributed by atoms with E-state index in [1.54, 1.807) is 66.0 Å². The average Bonchev–Trinajstić information content (AvgIpc) is 0.939. The standard InChI is InChI=1S/C35H34ClFN6O3.C35H36FN7O3.C34H34FN7O2/c1-7-25(44)41-14-21-15-46-34-33(42(21)13-20(41)6)22-12-23(37)27(26-18(4)8-9-24-30(26)40-16-39-24)28(36)32(22)43(35(34)45)31-19(5)10-11-38-29(31)17(2)3;1-7-26(44)41-16-22-11-13-46-33-32(42(22)15-21(41)6)23-14-24(36)29(27-19(4)8-9-25-30(27)39-17-38-25)40-34(23)43(35(33)45)31-20(5)10-12-37-28(31)18(2)3;1-7-26(43)40-15-21-12-23-32(41(21)14-20(40)6)22-13-24(35)29(27-18(4)8-9-25-30(27)38-16-37-25)39-33(22)42(34(23)44)31-19(5)10-11-36-28(31)17(2)3/h7-12,16-17,20-21H,1,13-15H2,2-6H3,(H,39,40);7-10,12,14,17-18,21-22H,1,11,13,15-16H2,2-6H3,(H,38,39);7-11,13,16-17,20-21H,1,12,14-15H2,2-6H3,(H,37,38). The Balaban J connectivity index is 0.000000131. The van der Waals surface area contributed by atoms with Crippen molar-refractivity contribution in [2.24, 2.45) is 0 Å². The van der Waals surface area contributed by atoms with Gasteiger partial charge in [0.05, 0.1) is 139 Å². The number of anilines is 3. The Hall–Kier alpha value is -14.6. The summed E-state index contributed by atoms with van der Waals surface area (Å²) in [4.78, 5) is 141. The molecule has 3 N–H and O–H groups in total. The number of H-pyrrole nitrogens is 3. The van der Waals surface area contributed by atoms with Crippen molar-refractivity contribution in [2.45, 2.75) is 171 Å². The van der Waals surface area contributed by atoms with Crippen LogP contribution in [0, 0.1) is 59.0 Å². The lowest BCUT2D eigenvalue weighted by Crippen LogP contribution is -2.62. The molecule has 6 aliphatic heterocycles. The molecule has 4 aromatic carbocycles. The first-order valence-corrected chi connectivity index (χ1v) is 46.3. The molecule has 6 unspecified atom stereocenters. The normalized spacial score (nSPS) is 17.9. The van der Waals surface area contributed by atoms with Gasteiger partial charge >= 0.3 is 5.56 Å². The molecular weight excluding hydrogens is 1750 g/mol. The average molecular weight is 1850 g/mol. The summed E-state index contributed by atoms with van der Waals surface area (Å²) in [5.74, 6) is -1.81. The Labute approximate surface area is 786 Å². The molecule has 696 valence electrons. The highest BCUT2D eigenvalue weighted by molar-refractivity contribution is 6.39. The monoisotopic (exact) mass is 1850 g/mol. The van der Waals surface area contributed by atoms with Gasteiger partial charge in [0.15, 0.2) is 5.65 Å². The number of pyridine rings is 8. The summed E-state index contributed by atoms with van der Waals surface area (Å²) in [6.07, 6.45) is 14.9. The van der Waals surface area contributed by atoms with E-state index in [-0.39, 0.29) is 124 Å². The molecule has 3 amide bonds. The van der Waals surface area contributed by atoms with E-state index < -0.39 is 28.6 Å². The van der Waals surface area contributed by atoms with Gasteiger partial charge in [-0.05, 0) is 186 Å². The van der Waals surface area contributed by atoms with Crippen LogP contribution in [0.3, 0.4) is 0 Å². The van der Waals surface area contributed by atoms with Gasteiger partial charge in [-0.15, -0.1) is 0 Å². The number of aryl methyl sites for hydroxylation is 6. The molecule has 0 bridgehead atoms. The number of halogens is 4. The minimum absolute atomic E-state index is 0.0164. The molecule has 0 radical (unpaired) electrons. The number of hydrogen-bond acceptors (Lipinski definition) is 19. The van der Waals surface area contributed by atoms with Gasteiger partial charge in [0.1, 0.15) is 41.1 Å². The SMILES string of the molecule is C=CC(=O)N1CC2CCOc3c(c4cc(F)c(-c5c(C)ccc6[nH]cnc56)nc4n(-c4c(C)ccnc4C(C)C)c3=O)N2CC1C.C=CC(=O)N1CC2COc3c(c4cc(F)c(-c5c(C)ccc6[nH]cnc56)c(Cl)c4n(-c4c(C)ccnc4C(C)C)c3=O)N2CC1C.C=CC(=O)N1CC2Cc3c(c4cc(F)c(-c5c(C)ccc6[nH]cnc56)nc4n(-c4c(C)ccnc4C(C)C)c3=O)N2CC1C. The Morgan fingerprint density at radius 1 is 0.441 bits per heavy atom. The largest absolute Gasteiger partial charge is 0.486 e. The van der Waals surface area contributed by atoms with Gasteiger partial charge in [-0.25, -0.2) is 38.1 Å². The maximum atomic E-state index is 16.7. The lowest BCUT2D eigenvalue weighted by molar-refractivity contribution is -0.129. The van der Waals surface area contributed by atoms with E-state index in [1.807, 2.05) is 158 Å². The fraction of sp³-hybridized carbons (Fsp3) is 0.327. The molecule has 0 saturated carbocycles. The van der Waals surface area contributed by atoms with Crippen LogP contribution in [0.25, 0.3) is 117 Å². The molecule has 11 aromatic heterocycles. The Kier molecular flexibility index (Phi) is 23.3. The van der Waals surface area contributed by atoms with Crippen molar-refractivity contribution in [3.05, 3.63) is 258 Å². The number of carbonyl (C=O) groups excluding carboxylic acids is 3. The summed E-state index contributed by atoms with van der Waals surface area (Å²) in [6, 6.07) is 20.4. The summed E-state index contributed by atoms with van der Waals surface area (Å²) in [7, 11) is 0. The highest BCUT2D eigenvalue weighted by Gasteiger charge is 2.46. The zero-order valence-corrected chi connectivity index (χ0v) is 79.1. The molecule has 21 rings (SSSR count). The highest BCUT2D eigenvalue weighted by atomic mass is 35.5.